The van der Waals surface area contributed by atoms with E-state index in [1.165, 1.54) is 37.7 Å². The summed E-state index contributed by atoms with van der Waals surface area (Å²) < 4.78 is 7.37. The molecule has 0 radical (unpaired) electrons. The van der Waals surface area contributed by atoms with E-state index < -0.39 is 0 Å². The quantitative estimate of drug-likeness (QED) is 0.876. The maximum absolute atomic E-state index is 6.24. The van der Waals surface area contributed by atoms with Crippen molar-refractivity contribution in [3.8, 4) is 5.75 Å². The second-order valence-corrected chi connectivity index (χ2v) is 6.26. The lowest BCUT2D eigenvalue weighted by molar-refractivity contribution is 0.0903. The van der Waals surface area contributed by atoms with Crippen LogP contribution in [0.5, 0.6) is 5.75 Å². The Morgan fingerprint density at radius 3 is 2.84 bits per heavy atom. The number of hydrogen-bond acceptors (Lipinski definition) is 2. The van der Waals surface area contributed by atoms with E-state index in [4.69, 9.17) is 10.5 Å². The van der Waals surface area contributed by atoms with E-state index in [0.29, 0.717) is 12.6 Å². The fourth-order valence-electron chi connectivity index (χ4n) is 2.94. The molecule has 2 rings (SSSR count). The van der Waals surface area contributed by atoms with Gasteiger partial charge in [0.05, 0.1) is 0 Å². The topological polar surface area (TPSA) is 35.2 Å². The molecule has 1 aliphatic rings. The second-order valence-electron chi connectivity index (χ2n) is 5.40. The predicted molar refractivity (Wildman–Crippen MR) is 83.6 cm³/mol. The molecule has 1 aliphatic carbocycles. The van der Waals surface area contributed by atoms with Crippen molar-refractivity contribution >= 4 is 15.9 Å². The minimum absolute atomic E-state index is 0.394. The Morgan fingerprint density at radius 1 is 1.32 bits per heavy atom. The molecule has 106 valence electrons. The molecule has 1 fully saturated rings. The van der Waals surface area contributed by atoms with Gasteiger partial charge in [-0.2, -0.15) is 0 Å². The normalized spacial score (nSPS) is 23.3. The second kappa shape index (κ2) is 7.30. The van der Waals surface area contributed by atoms with E-state index in [2.05, 4.69) is 41.1 Å². The van der Waals surface area contributed by atoms with Gasteiger partial charge in [-0.3, -0.25) is 0 Å². The third-order valence-corrected chi connectivity index (χ3v) is 4.86. The summed E-state index contributed by atoms with van der Waals surface area (Å²) in [5.41, 5.74) is 6.89. The fraction of sp³-hybridized carbons (Fsp3) is 0.625. The molecule has 2 unspecified atom stereocenters. The van der Waals surface area contributed by atoms with Crippen LogP contribution in [0.25, 0.3) is 0 Å². The van der Waals surface area contributed by atoms with Gasteiger partial charge >= 0.3 is 0 Å². The molecular formula is C16H24BrNO. The van der Waals surface area contributed by atoms with Crippen molar-refractivity contribution in [3.63, 3.8) is 0 Å². The number of nitrogens with two attached hydrogens (primary N) is 1. The van der Waals surface area contributed by atoms with Gasteiger partial charge in [-0.25, -0.2) is 0 Å². The van der Waals surface area contributed by atoms with Crippen LogP contribution in [0.1, 0.15) is 44.6 Å². The van der Waals surface area contributed by atoms with Crippen molar-refractivity contribution in [2.24, 2.45) is 11.7 Å². The lowest BCUT2D eigenvalue weighted by Crippen LogP contribution is -2.29. The summed E-state index contributed by atoms with van der Waals surface area (Å²) in [5, 5.41) is 0. The zero-order valence-corrected chi connectivity index (χ0v) is 13.3. The Hall–Kier alpha value is -0.540. The van der Waals surface area contributed by atoms with Crippen LogP contribution in [0.3, 0.4) is 0 Å². The highest BCUT2D eigenvalue weighted by atomic mass is 79.9. The summed E-state index contributed by atoms with van der Waals surface area (Å²) in [6.07, 6.45) is 7.67. The van der Waals surface area contributed by atoms with Gasteiger partial charge in [0.1, 0.15) is 11.9 Å². The van der Waals surface area contributed by atoms with Gasteiger partial charge in [-0.1, -0.05) is 29.3 Å². The fourth-order valence-corrected chi connectivity index (χ4v) is 3.39. The van der Waals surface area contributed by atoms with Gasteiger partial charge in [0.2, 0.25) is 0 Å². The Kier molecular flexibility index (Phi) is 5.71. The number of rotatable bonds is 5. The van der Waals surface area contributed by atoms with Crippen molar-refractivity contribution in [1.29, 1.82) is 0 Å². The predicted octanol–water partition coefficient (Wildman–Crippen LogP) is 4.30. The highest BCUT2D eigenvalue weighted by Crippen LogP contribution is 2.31. The number of hydrogen-bond donors (Lipinski definition) is 1. The van der Waals surface area contributed by atoms with Crippen LogP contribution < -0.4 is 10.5 Å². The van der Waals surface area contributed by atoms with Crippen LogP contribution in [0.2, 0.25) is 0 Å². The smallest absolute Gasteiger partial charge is 0.120 e. The highest BCUT2D eigenvalue weighted by molar-refractivity contribution is 9.10. The van der Waals surface area contributed by atoms with Gasteiger partial charge in [0.25, 0.3) is 0 Å². The Labute approximate surface area is 124 Å². The van der Waals surface area contributed by atoms with E-state index >= 15 is 0 Å². The van der Waals surface area contributed by atoms with Crippen LogP contribution in [0.15, 0.2) is 22.7 Å². The monoisotopic (exact) mass is 325 g/mol. The van der Waals surface area contributed by atoms with Gasteiger partial charge in [0, 0.05) is 4.47 Å². The molecule has 0 bridgehead atoms. The molecule has 1 saturated carbocycles. The van der Waals surface area contributed by atoms with Crippen molar-refractivity contribution < 1.29 is 4.74 Å². The van der Waals surface area contributed by atoms with Crippen molar-refractivity contribution in [1.82, 2.24) is 0 Å². The molecular weight excluding hydrogens is 302 g/mol. The lowest BCUT2D eigenvalue weighted by atomic mass is 9.85. The molecule has 0 aromatic heterocycles. The minimum atomic E-state index is 0.394. The molecule has 2 atom stereocenters. The van der Waals surface area contributed by atoms with Crippen LogP contribution in [-0.4, -0.2) is 12.6 Å². The molecule has 0 heterocycles. The van der Waals surface area contributed by atoms with Crippen LogP contribution in [-0.2, 0) is 6.42 Å². The van der Waals surface area contributed by atoms with E-state index in [0.717, 1.165) is 22.6 Å². The third kappa shape index (κ3) is 3.96. The molecule has 1 aromatic carbocycles. The molecule has 3 heteroatoms. The van der Waals surface area contributed by atoms with Crippen molar-refractivity contribution in [2.75, 3.05) is 6.54 Å². The average molecular weight is 326 g/mol. The molecule has 0 saturated heterocycles. The molecule has 0 spiro atoms. The molecule has 2 nitrogen and oxygen atoms in total. The number of ether oxygens (including phenoxy) is 1. The summed E-state index contributed by atoms with van der Waals surface area (Å²) in [7, 11) is 0. The van der Waals surface area contributed by atoms with Gasteiger partial charge in [-0.15, -0.1) is 0 Å². The first-order valence-electron chi connectivity index (χ1n) is 7.39. The van der Waals surface area contributed by atoms with Crippen molar-refractivity contribution in [2.45, 2.75) is 51.6 Å². The molecule has 0 amide bonds. The van der Waals surface area contributed by atoms with Gasteiger partial charge in [-0.05, 0) is 68.3 Å². The Balaban J connectivity index is 2.07. The average Bonchev–Trinajstić information content (AvgIpc) is 2.43. The summed E-state index contributed by atoms with van der Waals surface area (Å²) in [6, 6.07) is 6.27. The van der Waals surface area contributed by atoms with E-state index in [9.17, 15) is 0 Å². The molecule has 19 heavy (non-hydrogen) atoms. The Morgan fingerprint density at radius 2 is 2.11 bits per heavy atom. The summed E-state index contributed by atoms with van der Waals surface area (Å²) in [5.74, 6) is 1.72. The minimum Gasteiger partial charge on any atom is -0.490 e. The maximum atomic E-state index is 6.24. The summed E-state index contributed by atoms with van der Waals surface area (Å²) in [4.78, 5) is 0. The van der Waals surface area contributed by atoms with Crippen LogP contribution >= 0.6 is 15.9 Å². The Bertz CT molecular complexity index is 408. The van der Waals surface area contributed by atoms with E-state index in [1.807, 2.05) is 0 Å². The highest BCUT2D eigenvalue weighted by Gasteiger charge is 2.25. The summed E-state index contributed by atoms with van der Waals surface area (Å²) in [6.45, 7) is 2.94. The molecule has 2 N–H and O–H groups in total. The first kappa shape index (κ1) is 14.9. The number of halogens is 1. The molecule has 1 aromatic rings. The van der Waals surface area contributed by atoms with Crippen LogP contribution in [0.4, 0.5) is 0 Å². The zero-order chi connectivity index (χ0) is 13.7. The van der Waals surface area contributed by atoms with Crippen LogP contribution in [0, 0.1) is 5.92 Å². The summed E-state index contributed by atoms with van der Waals surface area (Å²) >= 11 is 3.57. The van der Waals surface area contributed by atoms with E-state index in [1.54, 1.807) is 0 Å². The molecule has 0 aliphatic heterocycles. The lowest BCUT2D eigenvalue weighted by Gasteiger charge is -2.31. The zero-order valence-electron chi connectivity index (χ0n) is 11.7. The first-order chi connectivity index (χ1) is 9.24. The van der Waals surface area contributed by atoms with Gasteiger partial charge in [0.15, 0.2) is 0 Å². The largest absolute Gasteiger partial charge is 0.490 e. The third-order valence-electron chi connectivity index (χ3n) is 4.08. The number of benzene rings is 1. The standard InChI is InChI=1S/C16H24BrNO/c1-2-12-5-3-4-6-16(12)19-14-7-8-15(17)13(11-14)9-10-18/h7-8,11-12,16H,2-6,9-10,18H2,1H3. The van der Waals surface area contributed by atoms with Gasteiger partial charge < -0.3 is 10.5 Å². The SMILES string of the molecule is CCC1CCCCC1Oc1ccc(Br)c(CCN)c1. The van der Waals surface area contributed by atoms with Crippen molar-refractivity contribution in [3.05, 3.63) is 28.2 Å². The van der Waals surface area contributed by atoms with E-state index in [-0.39, 0.29) is 0 Å². The maximum Gasteiger partial charge on any atom is 0.120 e. The first-order valence-corrected chi connectivity index (χ1v) is 8.19.